The van der Waals surface area contributed by atoms with Crippen molar-refractivity contribution in [2.45, 2.75) is 103 Å². The van der Waals surface area contributed by atoms with E-state index < -0.39 is 0 Å². The first kappa shape index (κ1) is 18.1. The van der Waals surface area contributed by atoms with E-state index in [-0.39, 0.29) is 5.16 Å². The van der Waals surface area contributed by atoms with Crippen LogP contribution in [0, 0.1) is 0 Å². The molecule has 0 radical (unpaired) electrons. The first-order valence-corrected chi connectivity index (χ1v) is 8.90. The van der Waals surface area contributed by atoms with Crippen LogP contribution in [0.2, 0.25) is 0 Å². The molecule has 0 bridgehead atoms. The summed E-state index contributed by atoms with van der Waals surface area (Å²) in [5.74, 6) is 0. The van der Waals surface area contributed by atoms with E-state index >= 15 is 0 Å². The molecule has 18 heavy (non-hydrogen) atoms. The van der Waals surface area contributed by atoms with Crippen molar-refractivity contribution in [1.29, 1.82) is 0 Å². The Hall–Kier alpha value is 0.100. The average Bonchev–Trinajstić information content (AvgIpc) is 2.39. The van der Waals surface area contributed by atoms with Crippen molar-refractivity contribution < 1.29 is 4.57 Å². The summed E-state index contributed by atoms with van der Waals surface area (Å²) in [7, 11) is 0.411. The van der Waals surface area contributed by atoms with Gasteiger partial charge in [0, 0.05) is 0 Å². The van der Waals surface area contributed by atoms with Crippen LogP contribution in [0.25, 0.3) is 0 Å². The lowest BCUT2D eigenvalue weighted by atomic mass is 9.89. The van der Waals surface area contributed by atoms with E-state index in [1.54, 1.807) is 0 Å². The third-order valence-electron chi connectivity index (χ3n) is 3.93. The second kappa shape index (κ2) is 12.2. The highest BCUT2D eigenvalue weighted by Gasteiger charge is 2.29. The fourth-order valence-corrected chi connectivity index (χ4v) is 3.37. The topological polar surface area (TPSA) is 17.1 Å². The Morgan fingerprint density at radius 2 is 1.00 bits per heavy atom. The maximum atomic E-state index is 11.7. The lowest BCUT2D eigenvalue weighted by Crippen LogP contribution is -2.21. The van der Waals surface area contributed by atoms with Crippen LogP contribution in [-0.2, 0) is 4.57 Å². The Labute approximate surface area is 116 Å². The molecular formula is C16H33OP. The average molecular weight is 272 g/mol. The second-order valence-electron chi connectivity index (χ2n) is 5.69. The molecule has 0 saturated carbocycles. The summed E-state index contributed by atoms with van der Waals surface area (Å²) >= 11 is 0. The van der Waals surface area contributed by atoms with Crippen LogP contribution in [0.5, 0.6) is 0 Å². The van der Waals surface area contributed by atoms with Gasteiger partial charge in [-0.15, -0.1) is 0 Å². The molecule has 0 rings (SSSR count). The van der Waals surface area contributed by atoms with E-state index in [9.17, 15) is 4.57 Å². The van der Waals surface area contributed by atoms with E-state index in [1.165, 1.54) is 77.0 Å². The molecule has 0 aliphatic rings. The zero-order valence-electron chi connectivity index (χ0n) is 12.8. The summed E-state index contributed by atoms with van der Waals surface area (Å²) in [5, 5.41) is 0.111. The fraction of sp³-hybridized carbons (Fsp3) is 1.00. The first-order chi connectivity index (χ1) is 8.74. The molecule has 0 amide bonds. The van der Waals surface area contributed by atoms with Gasteiger partial charge in [0.25, 0.3) is 0 Å². The molecule has 1 nitrogen and oxygen atoms in total. The summed E-state index contributed by atoms with van der Waals surface area (Å²) in [4.78, 5) is 0. The van der Waals surface area contributed by atoms with E-state index in [4.69, 9.17) is 0 Å². The highest BCUT2D eigenvalue weighted by Crippen LogP contribution is 2.39. The summed E-state index contributed by atoms with van der Waals surface area (Å²) in [5.41, 5.74) is 0. The largest absolute Gasteiger partial charge is 0.274 e. The van der Waals surface area contributed by atoms with Gasteiger partial charge in [0.15, 0.2) is 8.46 Å². The first-order valence-electron chi connectivity index (χ1n) is 8.09. The molecule has 0 aliphatic heterocycles. The molecule has 0 spiro atoms. The van der Waals surface area contributed by atoms with Gasteiger partial charge in [-0.3, -0.25) is 4.57 Å². The molecule has 0 atom stereocenters. The number of hydrogen-bond acceptors (Lipinski definition) is 1. The van der Waals surface area contributed by atoms with Gasteiger partial charge >= 0.3 is 0 Å². The zero-order valence-corrected chi connectivity index (χ0v) is 13.7. The number of unbranched alkanes of at least 4 members (excludes halogenated alkanes) is 6. The molecule has 0 aromatic rings. The summed E-state index contributed by atoms with van der Waals surface area (Å²) in [6.45, 7) is 6.72. The van der Waals surface area contributed by atoms with E-state index in [0.29, 0.717) is 8.46 Å². The molecule has 0 N–H and O–H groups in total. The SMILES string of the molecule is CCCCCC(CCCCC)(CCCCC)P=O. The van der Waals surface area contributed by atoms with Gasteiger partial charge in [0.2, 0.25) is 0 Å². The predicted octanol–water partition coefficient (Wildman–Crippen LogP) is 6.76. The molecule has 0 saturated heterocycles. The lowest BCUT2D eigenvalue weighted by molar-refractivity contribution is 0.397. The van der Waals surface area contributed by atoms with Crippen molar-refractivity contribution >= 4 is 8.46 Å². The van der Waals surface area contributed by atoms with Crippen LogP contribution in [-0.4, -0.2) is 5.16 Å². The van der Waals surface area contributed by atoms with Gasteiger partial charge in [0.1, 0.15) is 0 Å². The van der Waals surface area contributed by atoms with Gasteiger partial charge < -0.3 is 0 Å². The smallest absolute Gasteiger partial charge is 0.162 e. The molecule has 2 heteroatoms. The monoisotopic (exact) mass is 272 g/mol. The zero-order chi connectivity index (χ0) is 13.7. The second-order valence-corrected chi connectivity index (χ2v) is 6.82. The highest BCUT2D eigenvalue weighted by atomic mass is 31.1. The summed E-state index contributed by atoms with van der Waals surface area (Å²) in [6.07, 6.45) is 14.9. The molecule has 0 aromatic heterocycles. The van der Waals surface area contributed by atoms with Crippen molar-refractivity contribution in [3.8, 4) is 0 Å². The number of hydrogen-bond donors (Lipinski definition) is 0. The van der Waals surface area contributed by atoms with Crippen molar-refractivity contribution in [3.63, 3.8) is 0 Å². The standard InChI is InChI=1S/C16H33OP/c1-4-7-10-13-16(18-17,14-11-8-5-2)15-12-9-6-3/h4-15H2,1-3H3. The van der Waals surface area contributed by atoms with Crippen LogP contribution < -0.4 is 0 Å². The van der Waals surface area contributed by atoms with Gasteiger partial charge in [-0.1, -0.05) is 78.6 Å². The van der Waals surface area contributed by atoms with Crippen molar-refractivity contribution in [2.24, 2.45) is 0 Å². The van der Waals surface area contributed by atoms with Crippen LogP contribution in [0.1, 0.15) is 97.8 Å². The molecule has 0 aliphatic carbocycles. The van der Waals surface area contributed by atoms with Crippen molar-refractivity contribution in [1.82, 2.24) is 0 Å². The quantitative estimate of drug-likeness (QED) is 0.267. The van der Waals surface area contributed by atoms with Crippen molar-refractivity contribution in [3.05, 3.63) is 0 Å². The minimum Gasteiger partial charge on any atom is -0.274 e. The maximum Gasteiger partial charge on any atom is 0.162 e. The minimum absolute atomic E-state index is 0.111. The molecule has 0 heterocycles. The fourth-order valence-electron chi connectivity index (χ4n) is 2.62. The maximum absolute atomic E-state index is 11.7. The molecule has 0 aromatic carbocycles. The van der Waals surface area contributed by atoms with Crippen LogP contribution in [0.15, 0.2) is 0 Å². The Bertz CT molecular complexity index is 165. The normalized spacial score (nSPS) is 12.2. The van der Waals surface area contributed by atoms with Crippen LogP contribution >= 0.6 is 8.46 Å². The van der Waals surface area contributed by atoms with Gasteiger partial charge in [-0.2, -0.15) is 0 Å². The van der Waals surface area contributed by atoms with Gasteiger partial charge in [-0.25, -0.2) is 0 Å². The van der Waals surface area contributed by atoms with E-state index in [1.807, 2.05) is 0 Å². The van der Waals surface area contributed by atoms with Crippen LogP contribution in [0.4, 0.5) is 0 Å². The molecule has 0 fully saturated rings. The van der Waals surface area contributed by atoms with Crippen molar-refractivity contribution in [2.75, 3.05) is 0 Å². The van der Waals surface area contributed by atoms with Crippen LogP contribution in [0.3, 0.4) is 0 Å². The lowest BCUT2D eigenvalue weighted by Gasteiger charge is -2.27. The van der Waals surface area contributed by atoms with Gasteiger partial charge in [0.05, 0.1) is 5.16 Å². The van der Waals surface area contributed by atoms with E-state index in [0.717, 1.165) is 0 Å². The summed E-state index contributed by atoms with van der Waals surface area (Å²) in [6, 6.07) is 0. The van der Waals surface area contributed by atoms with Gasteiger partial charge in [-0.05, 0) is 19.3 Å². The minimum atomic E-state index is 0.111. The molecule has 0 unspecified atom stereocenters. The molecule has 108 valence electrons. The molecular weight excluding hydrogens is 239 g/mol. The Morgan fingerprint density at radius 3 is 1.22 bits per heavy atom. The number of rotatable bonds is 13. The van der Waals surface area contributed by atoms with E-state index in [2.05, 4.69) is 20.8 Å². The third kappa shape index (κ3) is 8.25. The third-order valence-corrected chi connectivity index (χ3v) is 4.99. The Morgan fingerprint density at radius 1 is 0.667 bits per heavy atom. The Balaban J connectivity index is 4.25. The Kier molecular flexibility index (Phi) is 12.2. The predicted molar refractivity (Wildman–Crippen MR) is 82.8 cm³/mol. The highest BCUT2D eigenvalue weighted by molar-refractivity contribution is 7.26. The summed E-state index contributed by atoms with van der Waals surface area (Å²) < 4.78 is 11.7.